The summed E-state index contributed by atoms with van der Waals surface area (Å²) in [5, 5.41) is 6.59. The number of aromatic nitrogens is 1. The average molecular weight is 506 g/mol. The van der Waals surface area contributed by atoms with Gasteiger partial charge in [-0.25, -0.2) is 0 Å². The summed E-state index contributed by atoms with van der Waals surface area (Å²) in [7, 11) is 0. The lowest BCUT2D eigenvalue weighted by Gasteiger charge is -2.10. The maximum atomic E-state index is 12.9. The van der Waals surface area contributed by atoms with Crippen LogP contribution in [0.25, 0.3) is 10.9 Å². The van der Waals surface area contributed by atoms with E-state index < -0.39 is 17.6 Å². The number of carbonyl (C=O) groups excluding carboxylic acids is 2. The maximum absolute atomic E-state index is 12.9. The molecule has 2 amide bonds. The minimum Gasteiger partial charge on any atom is -0.376 e. The Hall–Kier alpha value is -2.98. The molecule has 0 saturated carbocycles. The molecule has 2 N–H and O–H groups in total. The number of rotatable bonds is 9. The Bertz CT molecular complexity index is 1190. The Kier molecular flexibility index (Phi) is 8.02. The molecule has 2 heterocycles. The third-order valence-corrected chi connectivity index (χ3v) is 6.79. The fourth-order valence-electron chi connectivity index (χ4n) is 3.97. The van der Waals surface area contributed by atoms with Crippen LogP contribution in [-0.2, 0) is 22.3 Å². The van der Waals surface area contributed by atoms with Crippen LogP contribution in [0, 0.1) is 0 Å². The molecule has 2 aromatic carbocycles. The highest BCUT2D eigenvalue weighted by molar-refractivity contribution is 8.00. The number of ether oxygens (including phenoxy) is 1. The normalized spacial score (nSPS) is 15.9. The first-order valence-electron chi connectivity index (χ1n) is 11.4. The first-order valence-corrected chi connectivity index (χ1v) is 12.3. The molecule has 1 fully saturated rings. The summed E-state index contributed by atoms with van der Waals surface area (Å²) in [6, 6.07) is 12.1. The van der Waals surface area contributed by atoms with E-state index in [-0.39, 0.29) is 29.9 Å². The van der Waals surface area contributed by atoms with Crippen LogP contribution >= 0.6 is 11.8 Å². The van der Waals surface area contributed by atoms with Crippen molar-refractivity contribution < 1.29 is 27.5 Å². The van der Waals surface area contributed by atoms with E-state index >= 15 is 0 Å². The molecule has 0 radical (unpaired) electrons. The summed E-state index contributed by atoms with van der Waals surface area (Å²) >= 11 is 1.43. The molecule has 35 heavy (non-hydrogen) atoms. The summed E-state index contributed by atoms with van der Waals surface area (Å²) in [6.45, 7) is 1.93. The van der Waals surface area contributed by atoms with Gasteiger partial charge in [0.05, 0.1) is 17.4 Å². The van der Waals surface area contributed by atoms with Crippen molar-refractivity contribution in [1.82, 2.24) is 15.2 Å². The van der Waals surface area contributed by atoms with Crippen LogP contribution in [0.5, 0.6) is 0 Å². The van der Waals surface area contributed by atoms with Crippen LogP contribution in [0.2, 0.25) is 0 Å². The second-order valence-corrected chi connectivity index (χ2v) is 9.28. The zero-order valence-electron chi connectivity index (χ0n) is 18.9. The Morgan fingerprint density at radius 2 is 1.94 bits per heavy atom. The van der Waals surface area contributed by atoms with Gasteiger partial charge in [-0.1, -0.05) is 24.3 Å². The Morgan fingerprint density at radius 3 is 2.71 bits per heavy atom. The molecular weight excluding hydrogens is 479 g/mol. The summed E-state index contributed by atoms with van der Waals surface area (Å²) in [5.74, 6) is -0.353. The van der Waals surface area contributed by atoms with E-state index in [4.69, 9.17) is 4.74 Å². The van der Waals surface area contributed by atoms with Gasteiger partial charge in [-0.15, -0.1) is 11.8 Å². The number of amides is 2. The molecule has 1 aliphatic rings. The van der Waals surface area contributed by atoms with E-state index in [9.17, 15) is 22.8 Å². The van der Waals surface area contributed by atoms with Crippen LogP contribution in [0.15, 0.2) is 59.6 Å². The van der Waals surface area contributed by atoms with E-state index in [0.29, 0.717) is 13.1 Å². The van der Waals surface area contributed by atoms with Gasteiger partial charge in [0.2, 0.25) is 5.91 Å². The topological polar surface area (TPSA) is 72.4 Å². The van der Waals surface area contributed by atoms with Crippen molar-refractivity contribution in [1.29, 1.82) is 0 Å². The molecule has 186 valence electrons. The van der Waals surface area contributed by atoms with E-state index in [2.05, 4.69) is 10.6 Å². The second-order valence-electron chi connectivity index (χ2n) is 8.27. The Labute approximate surface area is 205 Å². The van der Waals surface area contributed by atoms with Crippen LogP contribution in [0.1, 0.15) is 28.8 Å². The van der Waals surface area contributed by atoms with Crippen molar-refractivity contribution in [3.05, 3.63) is 65.9 Å². The number of benzene rings is 2. The van der Waals surface area contributed by atoms with Crippen molar-refractivity contribution in [2.45, 2.75) is 36.6 Å². The van der Waals surface area contributed by atoms with Crippen LogP contribution in [-0.4, -0.2) is 47.9 Å². The molecule has 10 heteroatoms. The number of fused-ring (bicyclic) bond motifs is 1. The Morgan fingerprint density at radius 1 is 1.11 bits per heavy atom. The number of carbonyl (C=O) groups is 2. The standard InChI is InChI=1S/C25H26F3N3O3S/c26-25(27,28)18-6-3-5-17(13-18)24(33)29-10-11-31-15-22(20-8-1-2-9-21(20)31)35-16-23(32)30-14-19-7-4-12-34-19/h1-3,5-6,8-9,13,15,19H,4,7,10-12,14,16H2,(H,29,33)(H,30,32). The third-order valence-electron chi connectivity index (χ3n) is 5.75. The van der Waals surface area contributed by atoms with Crippen LogP contribution in [0.4, 0.5) is 13.2 Å². The number of halogens is 3. The van der Waals surface area contributed by atoms with E-state index in [1.807, 2.05) is 35.0 Å². The fraction of sp³-hybridized carbons (Fsp3) is 0.360. The first-order chi connectivity index (χ1) is 16.8. The molecule has 0 aliphatic carbocycles. The molecule has 1 saturated heterocycles. The summed E-state index contributed by atoms with van der Waals surface area (Å²) in [6.07, 6.45) is -0.494. The molecule has 3 aromatic rings. The van der Waals surface area contributed by atoms with Gasteiger partial charge >= 0.3 is 6.18 Å². The number of hydrogen-bond acceptors (Lipinski definition) is 4. The summed E-state index contributed by atoms with van der Waals surface area (Å²) in [5.41, 5.74) is 0.0496. The highest BCUT2D eigenvalue weighted by atomic mass is 32.2. The predicted molar refractivity (Wildman–Crippen MR) is 128 cm³/mol. The van der Waals surface area contributed by atoms with E-state index in [0.717, 1.165) is 47.4 Å². The molecule has 1 atom stereocenters. The largest absolute Gasteiger partial charge is 0.416 e. The number of nitrogens with one attached hydrogen (secondary N) is 2. The minimum absolute atomic E-state index is 0.0394. The lowest BCUT2D eigenvalue weighted by molar-refractivity contribution is -0.137. The molecule has 0 spiro atoms. The SMILES string of the molecule is O=C(CSc1cn(CCNC(=O)c2cccc(C(F)(F)F)c2)c2ccccc12)NCC1CCCO1. The van der Waals surface area contributed by atoms with Gasteiger partial charge in [-0.05, 0) is 37.1 Å². The number of alkyl halides is 3. The van der Waals surface area contributed by atoms with Gasteiger partial charge in [0.25, 0.3) is 5.91 Å². The molecular formula is C25H26F3N3O3S. The zero-order valence-corrected chi connectivity index (χ0v) is 19.8. The molecule has 4 rings (SSSR count). The van der Waals surface area contributed by atoms with E-state index in [1.54, 1.807) is 0 Å². The van der Waals surface area contributed by atoms with Crippen molar-refractivity contribution in [2.75, 3.05) is 25.4 Å². The van der Waals surface area contributed by atoms with Gasteiger partial charge < -0.3 is 19.9 Å². The highest BCUT2D eigenvalue weighted by Crippen LogP contribution is 2.30. The summed E-state index contributed by atoms with van der Waals surface area (Å²) < 4.78 is 46.2. The van der Waals surface area contributed by atoms with Crippen molar-refractivity contribution in [2.24, 2.45) is 0 Å². The fourth-order valence-corrected chi connectivity index (χ4v) is 4.89. The van der Waals surface area contributed by atoms with Crippen molar-refractivity contribution in [3.63, 3.8) is 0 Å². The Balaban J connectivity index is 1.34. The first kappa shape index (κ1) is 25.1. The number of nitrogens with zero attached hydrogens (tertiary/aromatic N) is 1. The van der Waals surface area contributed by atoms with Crippen molar-refractivity contribution in [3.8, 4) is 0 Å². The lowest BCUT2D eigenvalue weighted by atomic mass is 10.1. The van der Waals surface area contributed by atoms with Crippen LogP contribution in [0.3, 0.4) is 0 Å². The van der Waals surface area contributed by atoms with Gasteiger partial charge in [0, 0.05) is 53.8 Å². The lowest BCUT2D eigenvalue weighted by Crippen LogP contribution is -2.32. The number of thioether (sulfide) groups is 1. The second kappa shape index (κ2) is 11.2. The smallest absolute Gasteiger partial charge is 0.376 e. The predicted octanol–water partition coefficient (Wildman–Crippen LogP) is 4.48. The van der Waals surface area contributed by atoms with Gasteiger partial charge in [-0.2, -0.15) is 13.2 Å². The molecule has 1 aliphatic heterocycles. The minimum atomic E-state index is -4.50. The summed E-state index contributed by atoms with van der Waals surface area (Å²) in [4.78, 5) is 25.6. The number of hydrogen-bond donors (Lipinski definition) is 2. The van der Waals surface area contributed by atoms with Crippen molar-refractivity contribution >= 4 is 34.5 Å². The molecule has 1 aromatic heterocycles. The molecule has 6 nitrogen and oxygen atoms in total. The monoisotopic (exact) mass is 505 g/mol. The van der Waals surface area contributed by atoms with E-state index in [1.165, 1.54) is 23.9 Å². The molecule has 0 bridgehead atoms. The van der Waals surface area contributed by atoms with Crippen LogP contribution < -0.4 is 10.6 Å². The molecule has 1 unspecified atom stereocenters. The third kappa shape index (κ3) is 6.58. The number of para-hydroxylation sites is 1. The van der Waals surface area contributed by atoms with Gasteiger partial charge in [0.15, 0.2) is 0 Å². The van der Waals surface area contributed by atoms with Gasteiger partial charge in [-0.3, -0.25) is 9.59 Å². The zero-order chi connectivity index (χ0) is 24.8. The highest BCUT2D eigenvalue weighted by Gasteiger charge is 2.30. The maximum Gasteiger partial charge on any atom is 0.416 e. The van der Waals surface area contributed by atoms with Gasteiger partial charge in [0.1, 0.15) is 0 Å². The average Bonchev–Trinajstić information content (AvgIpc) is 3.49. The quantitative estimate of drug-likeness (QED) is 0.421.